The quantitative estimate of drug-likeness (QED) is 0.706. The summed E-state index contributed by atoms with van der Waals surface area (Å²) >= 11 is 0. The summed E-state index contributed by atoms with van der Waals surface area (Å²) in [6.45, 7) is 17.9. The highest BCUT2D eigenvalue weighted by Gasteiger charge is 2.28. The van der Waals surface area contributed by atoms with Gasteiger partial charge in [0.2, 0.25) is 0 Å². The van der Waals surface area contributed by atoms with Crippen molar-refractivity contribution in [1.29, 1.82) is 0 Å². The Balaban J connectivity index is 2.36. The summed E-state index contributed by atoms with van der Waals surface area (Å²) in [4.78, 5) is 5.25. The van der Waals surface area contributed by atoms with Crippen molar-refractivity contribution in [1.82, 2.24) is 9.80 Å². The fourth-order valence-corrected chi connectivity index (χ4v) is 2.28. The van der Waals surface area contributed by atoms with Crippen LogP contribution in [-0.4, -0.2) is 48.1 Å². The maximum Gasteiger partial charge on any atom is 0.0151 e. The van der Waals surface area contributed by atoms with Crippen molar-refractivity contribution in [3.05, 3.63) is 0 Å². The van der Waals surface area contributed by atoms with Crippen LogP contribution in [0.15, 0.2) is 0 Å². The normalized spacial score (nSPS) is 21.2. The average molecular weight is 212 g/mol. The first kappa shape index (κ1) is 13.0. The molecule has 0 aliphatic carbocycles. The second kappa shape index (κ2) is 5.31. The van der Waals surface area contributed by atoms with Crippen LogP contribution in [0, 0.1) is 5.92 Å². The molecule has 0 spiro atoms. The molecule has 1 heterocycles. The van der Waals surface area contributed by atoms with Crippen LogP contribution >= 0.6 is 0 Å². The third kappa shape index (κ3) is 3.76. The van der Waals surface area contributed by atoms with Gasteiger partial charge in [-0.1, -0.05) is 20.8 Å². The zero-order valence-corrected chi connectivity index (χ0v) is 11.2. The molecule has 0 aromatic rings. The molecule has 0 radical (unpaired) electrons. The predicted molar refractivity (Wildman–Crippen MR) is 67.2 cm³/mol. The van der Waals surface area contributed by atoms with E-state index >= 15 is 0 Å². The van der Waals surface area contributed by atoms with Crippen LogP contribution in [0.4, 0.5) is 0 Å². The summed E-state index contributed by atoms with van der Waals surface area (Å²) in [7, 11) is 0. The largest absolute Gasteiger partial charge is 0.301 e. The molecule has 0 aromatic heterocycles. The Hall–Kier alpha value is -0.0800. The van der Waals surface area contributed by atoms with Gasteiger partial charge >= 0.3 is 0 Å². The Bertz CT molecular complexity index is 179. The van der Waals surface area contributed by atoms with Crippen LogP contribution in [0.3, 0.4) is 0 Å². The van der Waals surface area contributed by atoms with E-state index in [2.05, 4.69) is 44.4 Å². The molecule has 0 amide bonds. The van der Waals surface area contributed by atoms with E-state index in [0.29, 0.717) is 5.54 Å². The monoisotopic (exact) mass is 212 g/mol. The van der Waals surface area contributed by atoms with Gasteiger partial charge in [0.05, 0.1) is 0 Å². The van der Waals surface area contributed by atoms with Gasteiger partial charge in [0, 0.05) is 38.3 Å². The Morgan fingerprint density at radius 1 is 1.07 bits per heavy atom. The van der Waals surface area contributed by atoms with Gasteiger partial charge in [-0.3, -0.25) is 4.90 Å². The number of hydrogen-bond donors (Lipinski definition) is 0. The van der Waals surface area contributed by atoms with Gasteiger partial charge in [-0.15, -0.1) is 0 Å². The van der Waals surface area contributed by atoms with Crippen molar-refractivity contribution in [2.45, 2.75) is 46.6 Å². The minimum Gasteiger partial charge on any atom is -0.301 e. The van der Waals surface area contributed by atoms with Crippen molar-refractivity contribution in [2.75, 3.05) is 32.7 Å². The molecule has 1 fully saturated rings. The molecule has 0 saturated carbocycles. The lowest BCUT2D eigenvalue weighted by atomic mass is 9.98. The van der Waals surface area contributed by atoms with Gasteiger partial charge in [-0.2, -0.15) is 0 Å². The fourth-order valence-electron chi connectivity index (χ4n) is 2.28. The molecular formula is C13H28N2. The lowest BCUT2D eigenvalue weighted by Gasteiger charge is -2.44. The third-order valence-electron chi connectivity index (χ3n) is 3.72. The van der Waals surface area contributed by atoms with Crippen LogP contribution < -0.4 is 0 Å². The van der Waals surface area contributed by atoms with Crippen molar-refractivity contribution < 1.29 is 0 Å². The highest BCUT2D eigenvalue weighted by molar-refractivity contribution is 4.84. The minimum atomic E-state index is 0.393. The summed E-state index contributed by atoms with van der Waals surface area (Å²) in [5, 5.41) is 0. The first-order valence-electron chi connectivity index (χ1n) is 6.43. The Labute approximate surface area is 95.6 Å². The first-order chi connectivity index (χ1) is 6.95. The molecule has 2 nitrogen and oxygen atoms in total. The first-order valence-corrected chi connectivity index (χ1v) is 6.43. The molecule has 0 N–H and O–H groups in total. The topological polar surface area (TPSA) is 6.48 Å². The van der Waals surface area contributed by atoms with Crippen molar-refractivity contribution >= 4 is 0 Å². The summed E-state index contributed by atoms with van der Waals surface area (Å²) in [5.41, 5.74) is 0.393. The molecule has 1 aliphatic rings. The molecule has 1 saturated heterocycles. The second-order valence-electron chi connectivity index (χ2n) is 5.85. The Morgan fingerprint density at radius 2 is 1.60 bits per heavy atom. The molecule has 90 valence electrons. The van der Waals surface area contributed by atoms with Crippen LogP contribution in [0.5, 0.6) is 0 Å². The molecule has 0 atom stereocenters. The molecule has 1 aliphatic heterocycles. The van der Waals surface area contributed by atoms with Crippen molar-refractivity contribution in [2.24, 2.45) is 5.92 Å². The van der Waals surface area contributed by atoms with Crippen LogP contribution in [-0.2, 0) is 0 Å². The van der Waals surface area contributed by atoms with E-state index in [-0.39, 0.29) is 0 Å². The highest BCUT2D eigenvalue weighted by Crippen LogP contribution is 2.20. The zero-order valence-electron chi connectivity index (χ0n) is 11.2. The molecular weight excluding hydrogens is 184 g/mol. The number of hydrogen-bond acceptors (Lipinski definition) is 2. The Morgan fingerprint density at radius 3 is 2.00 bits per heavy atom. The summed E-state index contributed by atoms with van der Waals surface area (Å²) < 4.78 is 0. The van der Waals surface area contributed by atoms with E-state index in [9.17, 15) is 0 Å². The van der Waals surface area contributed by atoms with Crippen molar-refractivity contribution in [3.63, 3.8) is 0 Å². The van der Waals surface area contributed by atoms with Gasteiger partial charge < -0.3 is 4.90 Å². The van der Waals surface area contributed by atoms with Gasteiger partial charge in [0.1, 0.15) is 0 Å². The van der Waals surface area contributed by atoms with Gasteiger partial charge in [-0.25, -0.2) is 0 Å². The summed E-state index contributed by atoms with van der Waals surface area (Å²) in [6, 6.07) is 0. The maximum atomic E-state index is 2.64. The van der Waals surface area contributed by atoms with Gasteiger partial charge in [0.15, 0.2) is 0 Å². The standard InChI is InChI=1S/C13H28N2/c1-6-13(4,5)15-9-7-14(8-10-15)11-12(2)3/h12H,6-11H2,1-5H3. The van der Waals surface area contributed by atoms with E-state index in [4.69, 9.17) is 0 Å². The van der Waals surface area contributed by atoms with Crippen LogP contribution in [0.1, 0.15) is 41.0 Å². The SMILES string of the molecule is CCC(C)(C)N1CCN(CC(C)C)CC1. The molecule has 0 aromatic carbocycles. The second-order valence-corrected chi connectivity index (χ2v) is 5.85. The number of piperazine rings is 1. The molecule has 15 heavy (non-hydrogen) atoms. The van der Waals surface area contributed by atoms with E-state index in [1.165, 1.54) is 39.1 Å². The molecule has 2 heteroatoms. The van der Waals surface area contributed by atoms with E-state index < -0.39 is 0 Å². The van der Waals surface area contributed by atoms with Gasteiger partial charge in [-0.05, 0) is 26.2 Å². The smallest absolute Gasteiger partial charge is 0.0151 e. The van der Waals surface area contributed by atoms with Gasteiger partial charge in [0.25, 0.3) is 0 Å². The molecule has 0 unspecified atom stereocenters. The van der Waals surface area contributed by atoms with Crippen LogP contribution in [0.25, 0.3) is 0 Å². The minimum absolute atomic E-state index is 0.393. The molecule has 1 rings (SSSR count). The highest BCUT2D eigenvalue weighted by atomic mass is 15.3. The summed E-state index contributed by atoms with van der Waals surface area (Å²) in [6.07, 6.45) is 1.25. The summed E-state index contributed by atoms with van der Waals surface area (Å²) in [5.74, 6) is 0.802. The third-order valence-corrected chi connectivity index (χ3v) is 3.72. The van der Waals surface area contributed by atoms with E-state index in [0.717, 1.165) is 5.92 Å². The average Bonchev–Trinajstić information content (AvgIpc) is 2.18. The van der Waals surface area contributed by atoms with E-state index in [1.54, 1.807) is 0 Å². The van der Waals surface area contributed by atoms with E-state index in [1.807, 2.05) is 0 Å². The molecule has 0 bridgehead atoms. The Kier molecular flexibility index (Phi) is 4.60. The zero-order chi connectivity index (χ0) is 11.5. The lowest BCUT2D eigenvalue weighted by Crippen LogP contribution is -2.54. The van der Waals surface area contributed by atoms with Crippen LogP contribution in [0.2, 0.25) is 0 Å². The van der Waals surface area contributed by atoms with Crippen molar-refractivity contribution in [3.8, 4) is 0 Å². The predicted octanol–water partition coefficient (Wildman–Crippen LogP) is 2.45. The lowest BCUT2D eigenvalue weighted by molar-refractivity contribution is 0.0458. The fraction of sp³-hybridized carbons (Fsp3) is 1.00. The maximum absolute atomic E-state index is 2.64. The number of rotatable bonds is 4. The number of nitrogens with zero attached hydrogens (tertiary/aromatic N) is 2.